The number of carbonyl (C=O) groups is 1. The van der Waals surface area contributed by atoms with E-state index in [1.807, 2.05) is 30.5 Å². The number of aromatic amines is 1. The van der Waals surface area contributed by atoms with E-state index in [4.69, 9.17) is 0 Å². The van der Waals surface area contributed by atoms with E-state index in [9.17, 15) is 13.2 Å². The number of H-pyrrole nitrogens is 1. The van der Waals surface area contributed by atoms with E-state index in [1.165, 1.54) is 10.7 Å². The molecule has 2 N–H and O–H groups in total. The molecule has 1 fully saturated rings. The average molecular weight is 378 g/mol. The van der Waals surface area contributed by atoms with Crippen molar-refractivity contribution in [2.75, 3.05) is 19.3 Å². The quantitative estimate of drug-likeness (QED) is 0.777. The van der Waals surface area contributed by atoms with Crippen molar-refractivity contribution in [3.8, 4) is 0 Å². The van der Waals surface area contributed by atoms with Crippen molar-refractivity contribution in [1.82, 2.24) is 14.6 Å². The van der Waals surface area contributed by atoms with E-state index >= 15 is 0 Å². The molecular weight excluding hydrogens is 350 g/mol. The van der Waals surface area contributed by atoms with Gasteiger partial charge < -0.3 is 10.3 Å². The number of carbonyl (C=O) groups excluding carboxylic acids is 1. The number of amides is 1. The van der Waals surface area contributed by atoms with Gasteiger partial charge in [-0.2, -0.15) is 4.31 Å². The van der Waals surface area contributed by atoms with Gasteiger partial charge in [-0.1, -0.05) is 37.5 Å². The Bertz CT molecular complexity index is 854. The molecule has 0 radical (unpaired) electrons. The first-order valence-corrected chi connectivity index (χ1v) is 11.1. The minimum atomic E-state index is -3.44. The Hall–Kier alpha value is -1.86. The van der Waals surface area contributed by atoms with E-state index in [-0.39, 0.29) is 18.5 Å². The maximum Gasteiger partial charge on any atom is 0.235 e. The predicted octanol–water partition coefficient (Wildman–Crippen LogP) is 2.42. The normalized spacial score (nSPS) is 16.2. The minimum absolute atomic E-state index is 0.113. The summed E-state index contributed by atoms with van der Waals surface area (Å²) in [7, 11) is -3.44. The summed E-state index contributed by atoms with van der Waals surface area (Å²) >= 11 is 0. The third-order valence-corrected chi connectivity index (χ3v) is 6.31. The molecule has 6 nitrogen and oxygen atoms in total. The number of aromatic nitrogens is 1. The smallest absolute Gasteiger partial charge is 0.235 e. The molecule has 2 aromatic rings. The fourth-order valence-electron chi connectivity index (χ4n) is 3.63. The number of hydrogen-bond donors (Lipinski definition) is 2. The molecule has 1 aliphatic carbocycles. The highest BCUT2D eigenvalue weighted by Gasteiger charge is 2.22. The summed E-state index contributed by atoms with van der Waals surface area (Å²) in [5.74, 6) is -0.207. The molecule has 0 atom stereocenters. The standard InChI is InChI=1S/C19H27N3O3S/c1-26(24,25)22(14-19(23)21-16-7-3-2-4-8-16)12-11-15-13-20-18-10-6-5-9-17(15)18/h5-6,9-10,13,16,20H,2-4,7-8,11-12,14H2,1H3,(H,21,23). The number of rotatable bonds is 7. The number of benzene rings is 1. The van der Waals surface area contributed by atoms with Gasteiger partial charge in [0.05, 0.1) is 12.8 Å². The molecule has 7 heteroatoms. The highest BCUT2D eigenvalue weighted by Crippen LogP contribution is 2.19. The van der Waals surface area contributed by atoms with E-state index in [0.29, 0.717) is 13.0 Å². The number of fused-ring (bicyclic) bond motifs is 1. The summed E-state index contributed by atoms with van der Waals surface area (Å²) in [4.78, 5) is 15.5. The highest BCUT2D eigenvalue weighted by atomic mass is 32.2. The maximum absolute atomic E-state index is 12.3. The predicted molar refractivity (Wildman–Crippen MR) is 103 cm³/mol. The summed E-state index contributed by atoms with van der Waals surface area (Å²) in [5, 5.41) is 4.08. The Labute approximate surface area is 155 Å². The number of sulfonamides is 1. The molecule has 0 aliphatic heterocycles. The molecular formula is C19H27N3O3S. The van der Waals surface area contributed by atoms with Crippen LogP contribution in [0.4, 0.5) is 0 Å². The number of nitrogens with zero attached hydrogens (tertiary/aromatic N) is 1. The van der Waals surface area contributed by atoms with Gasteiger partial charge in [-0.25, -0.2) is 8.42 Å². The second-order valence-corrected chi connectivity index (χ2v) is 9.09. The van der Waals surface area contributed by atoms with Gasteiger partial charge in [-0.3, -0.25) is 4.79 Å². The Morgan fingerprint density at radius 2 is 1.96 bits per heavy atom. The van der Waals surface area contributed by atoms with Crippen molar-refractivity contribution in [3.05, 3.63) is 36.0 Å². The van der Waals surface area contributed by atoms with E-state index in [0.717, 1.165) is 48.4 Å². The fraction of sp³-hybridized carbons (Fsp3) is 0.526. The van der Waals surface area contributed by atoms with Crippen molar-refractivity contribution in [1.29, 1.82) is 0 Å². The Kier molecular flexibility index (Phi) is 5.98. The van der Waals surface area contributed by atoms with Gasteiger partial charge >= 0.3 is 0 Å². The van der Waals surface area contributed by atoms with Gasteiger partial charge in [0, 0.05) is 29.7 Å². The van der Waals surface area contributed by atoms with Crippen LogP contribution < -0.4 is 5.32 Å². The van der Waals surface area contributed by atoms with Crippen molar-refractivity contribution >= 4 is 26.8 Å². The lowest BCUT2D eigenvalue weighted by Crippen LogP contribution is -2.45. The van der Waals surface area contributed by atoms with Crippen LogP contribution in [0, 0.1) is 0 Å². The van der Waals surface area contributed by atoms with Crippen LogP contribution in [0.3, 0.4) is 0 Å². The Morgan fingerprint density at radius 1 is 1.23 bits per heavy atom. The Morgan fingerprint density at radius 3 is 2.69 bits per heavy atom. The third-order valence-electron chi connectivity index (χ3n) is 5.06. The average Bonchev–Trinajstić information content (AvgIpc) is 3.02. The first-order chi connectivity index (χ1) is 12.4. The van der Waals surface area contributed by atoms with E-state index in [1.54, 1.807) is 0 Å². The van der Waals surface area contributed by atoms with Gasteiger partial charge in [0.15, 0.2) is 0 Å². The molecule has 1 heterocycles. The molecule has 142 valence electrons. The van der Waals surface area contributed by atoms with Crippen molar-refractivity contribution < 1.29 is 13.2 Å². The van der Waals surface area contributed by atoms with Gasteiger partial charge in [0.1, 0.15) is 0 Å². The molecule has 1 aromatic heterocycles. The summed E-state index contributed by atoms with van der Waals surface area (Å²) in [6.07, 6.45) is 9.08. The molecule has 0 bridgehead atoms. The molecule has 26 heavy (non-hydrogen) atoms. The van der Waals surface area contributed by atoms with Crippen LogP contribution >= 0.6 is 0 Å². The van der Waals surface area contributed by atoms with Crippen LogP contribution in [0.25, 0.3) is 10.9 Å². The van der Waals surface area contributed by atoms with Crippen LogP contribution in [0.15, 0.2) is 30.5 Å². The molecule has 0 spiro atoms. The summed E-state index contributed by atoms with van der Waals surface area (Å²) in [5.41, 5.74) is 2.09. The molecule has 1 aliphatic rings. The lowest BCUT2D eigenvalue weighted by atomic mass is 9.95. The Balaban J connectivity index is 1.62. The van der Waals surface area contributed by atoms with Crippen LogP contribution in [-0.4, -0.2) is 49.0 Å². The van der Waals surface area contributed by atoms with Crippen molar-refractivity contribution in [2.45, 2.75) is 44.6 Å². The molecule has 0 unspecified atom stereocenters. The van der Waals surface area contributed by atoms with Gasteiger partial charge in [0.25, 0.3) is 0 Å². The molecule has 3 rings (SSSR count). The molecule has 1 aromatic carbocycles. The van der Waals surface area contributed by atoms with Gasteiger partial charge in [-0.05, 0) is 30.9 Å². The van der Waals surface area contributed by atoms with Crippen molar-refractivity contribution in [2.24, 2.45) is 0 Å². The zero-order valence-corrected chi connectivity index (χ0v) is 16.0. The van der Waals surface area contributed by atoms with Crippen LogP contribution in [0.1, 0.15) is 37.7 Å². The topological polar surface area (TPSA) is 82.3 Å². The zero-order valence-electron chi connectivity index (χ0n) is 15.2. The highest BCUT2D eigenvalue weighted by molar-refractivity contribution is 7.88. The lowest BCUT2D eigenvalue weighted by molar-refractivity contribution is -0.122. The van der Waals surface area contributed by atoms with Crippen molar-refractivity contribution in [3.63, 3.8) is 0 Å². The van der Waals surface area contributed by atoms with Gasteiger partial charge in [0.2, 0.25) is 15.9 Å². The SMILES string of the molecule is CS(=O)(=O)N(CCc1c[nH]c2ccccc12)CC(=O)NC1CCCCC1. The number of para-hydroxylation sites is 1. The van der Waals surface area contributed by atoms with Crippen LogP contribution in [0.5, 0.6) is 0 Å². The third kappa shape index (κ3) is 4.86. The second kappa shape index (κ2) is 8.22. The largest absolute Gasteiger partial charge is 0.361 e. The van der Waals surface area contributed by atoms with E-state index in [2.05, 4.69) is 10.3 Å². The second-order valence-electron chi connectivity index (χ2n) is 7.11. The molecule has 1 saturated carbocycles. The summed E-state index contributed by atoms with van der Waals surface area (Å²) < 4.78 is 25.5. The first kappa shape index (κ1) is 18.9. The number of nitrogens with one attached hydrogen (secondary N) is 2. The molecule has 0 saturated heterocycles. The lowest BCUT2D eigenvalue weighted by Gasteiger charge is -2.25. The summed E-state index contributed by atoms with van der Waals surface area (Å²) in [6, 6.07) is 8.12. The minimum Gasteiger partial charge on any atom is -0.361 e. The van der Waals surface area contributed by atoms with Crippen LogP contribution in [0.2, 0.25) is 0 Å². The summed E-state index contributed by atoms with van der Waals surface area (Å²) in [6.45, 7) is 0.177. The fourth-order valence-corrected chi connectivity index (χ4v) is 4.40. The monoisotopic (exact) mass is 377 g/mol. The maximum atomic E-state index is 12.3. The first-order valence-electron chi connectivity index (χ1n) is 9.23. The number of hydrogen-bond acceptors (Lipinski definition) is 3. The van der Waals surface area contributed by atoms with Crippen LogP contribution in [-0.2, 0) is 21.2 Å². The van der Waals surface area contributed by atoms with E-state index < -0.39 is 10.0 Å². The van der Waals surface area contributed by atoms with Gasteiger partial charge in [-0.15, -0.1) is 0 Å². The molecule has 1 amide bonds. The zero-order chi connectivity index (χ0) is 18.6.